The number of amides is 2. The molecule has 1 atom stereocenters. The Morgan fingerprint density at radius 3 is 2.26 bits per heavy atom. The Morgan fingerprint density at radius 1 is 1.13 bits per heavy atom. The number of nitrogens with two attached hydrogens (primary N) is 1. The third kappa shape index (κ3) is 5.81. The van der Waals surface area contributed by atoms with Crippen LogP contribution in [0.15, 0.2) is 48.5 Å². The number of carbonyl (C=O) groups excluding carboxylic acids is 1. The number of anilines is 1. The zero-order valence-corrected chi connectivity index (χ0v) is 14.0. The summed E-state index contributed by atoms with van der Waals surface area (Å²) in [5.41, 5.74) is 8.56. The molecule has 2 aromatic rings. The van der Waals surface area contributed by atoms with Crippen LogP contribution in [0.3, 0.4) is 0 Å². The first-order valence-corrected chi connectivity index (χ1v) is 7.12. The number of methoxy groups -OCH3 is 1. The Labute approximate surface area is 142 Å². The minimum Gasteiger partial charge on any atom is -0.497 e. The van der Waals surface area contributed by atoms with Crippen molar-refractivity contribution in [2.45, 2.75) is 19.5 Å². The van der Waals surface area contributed by atoms with Crippen molar-refractivity contribution in [1.82, 2.24) is 5.32 Å². The van der Waals surface area contributed by atoms with Gasteiger partial charge in [-0.3, -0.25) is 0 Å². The van der Waals surface area contributed by atoms with Gasteiger partial charge < -0.3 is 21.1 Å². The van der Waals surface area contributed by atoms with Gasteiger partial charge in [0.15, 0.2) is 0 Å². The number of hydrogen-bond acceptors (Lipinski definition) is 3. The summed E-state index contributed by atoms with van der Waals surface area (Å²) < 4.78 is 5.09. The Bertz CT molecular complexity index is 613. The van der Waals surface area contributed by atoms with Crippen molar-refractivity contribution in [3.63, 3.8) is 0 Å². The Kier molecular flexibility index (Phi) is 7.38. The van der Waals surface area contributed by atoms with E-state index in [2.05, 4.69) is 10.6 Å². The smallest absolute Gasteiger partial charge is 0.319 e. The van der Waals surface area contributed by atoms with E-state index < -0.39 is 0 Å². The molecule has 2 amide bonds. The molecule has 1 unspecified atom stereocenters. The van der Waals surface area contributed by atoms with Crippen LogP contribution in [0.2, 0.25) is 0 Å². The Hall–Kier alpha value is -2.24. The summed E-state index contributed by atoms with van der Waals surface area (Å²) in [4.78, 5) is 11.9. The molecule has 124 valence electrons. The van der Waals surface area contributed by atoms with E-state index in [9.17, 15) is 4.79 Å². The molecule has 0 radical (unpaired) electrons. The van der Waals surface area contributed by atoms with E-state index >= 15 is 0 Å². The van der Waals surface area contributed by atoms with E-state index in [1.165, 1.54) is 0 Å². The number of nitrogens with one attached hydrogen (secondary N) is 2. The van der Waals surface area contributed by atoms with Gasteiger partial charge in [-0.1, -0.05) is 24.3 Å². The monoisotopic (exact) mass is 335 g/mol. The van der Waals surface area contributed by atoms with Gasteiger partial charge in [-0.2, -0.15) is 0 Å². The molecular formula is C17H22ClN3O2. The molecule has 0 saturated heterocycles. The molecule has 6 heteroatoms. The Morgan fingerprint density at radius 2 is 1.74 bits per heavy atom. The van der Waals surface area contributed by atoms with Gasteiger partial charge in [0.2, 0.25) is 0 Å². The van der Waals surface area contributed by atoms with Crippen molar-refractivity contribution >= 4 is 24.1 Å². The van der Waals surface area contributed by atoms with Gasteiger partial charge in [-0.15, -0.1) is 12.4 Å². The highest BCUT2D eigenvalue weighted by molar-refractivity contribution is 5.89. The van der Waals surface area contributed by atoms with E-state index in [-0.39, 0.29) is 24.5 Å². The van der Waals surface area contributed by atoms with Crippen molar-refractivity contribution in [3.8, 4) is 5.75 Å². The molecule has 0 heterocycles. The molecule has 23 heavy (non-hydrogen) atoms. The normalized spacial score (nSPS) is 11.1. The highest BCUT2D eigenvalue weighted by Crippen LogP contribution is 2.14. The van der Waals surface area contributed by atoms with Crippen LogP contribution >= 0.6 is 12.4 Å². The summed E-state index contributed by atoms with van der Waals surface area (Å²) in [5, 5.41) is 5.59. The number of urea groups is 1. The molecule has 0 spiro atoms. The fraction of sp³-hybridized carbons (Fsp3) is 0.235. The van der Waals surface area contributed by atoms with Gasteiger partial charge in [-0.25, -0.2) is 4.79 Å². The van der Waals surface area contributed by atoms with E-state index in [4.69, 9.17) is 10.5 Å². The van der Waals surface area contributed by atoms with Crippen molar-refractivity contribution in [1.29, 1.82) is 0 Å². The average Bonchev–Trinajstić information content (AvgIpc) is 2.54. The van der Waals surface area contributed by atoms with Crippen LogP contribution < -0.4 is 21.1 Å². The predicted octanol–water partition coefficient (Wildman–Crippen LogP) is 3.46. The van der Waals surface area contributed by atoms with Gasteiger partial charge in [0.25, 0.3) is 0 Å². The van der Waals surface area contributed by atoms with Crippen LogP contribution in [0.5, 0.6) is 5.75 Å². The van der Waals surface area contributed by atoms with E-state index in [0.717, 1.165) is 22.6 Å². The fourth-order valence-electron chi connectivity index (χ4n) is 1.97. The molecule has 0 fully saturated rings. The minimum atomic E-state index is -0.246. The second-order valence-electron chi connectivity index (χ2n) is 5.07. The summed E-state index contributed by atoms with van der Waals surface area (Å²) in [5.74, 6) is 0.794. The fourth-order valence-corrected chi connectivity index (χ4v) is 1.97. The number of halogens is 1. The highest BCUT2D eigenvalue weighted by atomic mass is 35.5. The summed E-state index contributed by atoms with van der Waals surface area (Å²) in [6.07, 6.45) is 0. The predicted molar refractivity (Wildman–Crippen MR) is 95.1 cm³/mol. The summed E-state index contributed by atoms with van der Waals surface area (Å²) in [6.45, 7) is 2.37. The molecule has 4 N–H and O–H groups in total. The molecular weight excluding hydrogens is 314 g/mol. The zero-order chi connectivity index (χ0) is 15.9. The first kappa shape index (κ1) is 18.8. The van der Waals surface area contributed by atoms with Crippen LogP contribution in [0, 0.1) is 0 Å². The maximum absolute atomic E-state index is 11.9. The second kappa shape index (κ2) is 9.02. The van der Waals surface area contributed by atoms with Gasteiger partial charge in [-0.05, 0) is 42.3 Å². The van der Waals surface area contributed by atoms with E-state index in [0.29, 0.717) is 6.54 Å². The lowest BCUT2D eigenvalue weighted by molar-refractivity contribution is 0.251. The van der Waals surface area contributed by atoms with Crippen LogP contribution in [0.4, 0.5) is 10.5 Å². The van der Waals surface area contributed by atoms with Crippen molar-refractivity contribution in [3.05, 3.63) is 59.7 Å². The molecule has 2 rings (SSSR count). The number of hydrogen-bond donors (Lipinski definition) is 3. The topological polar surface area (TPSA) is 76.4 Å². The molecule has 0 bridgehead atoms. The molecule has 0 aromatic heterocycles. The molecule has 2 aromatic carbocycles. The molecule has 0 saturated carbocycles. The van der Waals surface area contributed by atoms with Gasteiger partial charge in [0, 0.05) is 18.3 Å². The average molecular weight is 336 g/mol. The van der Waals surface area contributed by atoms with Crippen LogP contribution in [0.25, 0.3) is 0 Å². The molecule has 0 aliphatic heterocycles. The van der Waals surface area contributed by atoms with Gasteiger partial charge >= 0.3 is 6.03 Å². The first-order valence-electron chi connectivity index (χ1n) is 7.12. The lowest BCUT2D eigenvalue weighted by Gasteiger charge is -2.10. The van der Waals surface area contributed by atoms with Crippen LogP contribution in [-0.2, 0) is 6.54 Å². The van der Waals surface area contributed by atoms with Crippen molar-refractivity contribution in [2.24, 2.45) is 5.73 Å². The number of carbonyl (C=O) groups is 1. The standard InChI is InChI=1S/C17H21N3O2.ClH/c1-12(18)14-5-7-15(8-6-14)20-17(21)19-11-13-3-9-16(22-2)10-4-13;/h3-10,12H,11,18H2,1-2H3,(H2,19,20,21);1H. The lowest BCUT2D eigenvalue weighted by Crippen LogP contribution is -2.28. The van der Waals surface area contributed by atoms with E-state index in [1.807, 2.05) is 55.5 Å². The maximum Gasteiger partial charge on any atom is 0.319 e. The van der Waals surface area contributed by atoms with Crippen molar-refractivity contribution < 1.29 is 9.53 Å². The SMILES string of the molecule is COc1ccc(CNC(=O)Nc2ccc(C(C)N)cc2)cc1.Cl. The van der Waals surface area contributed by atoms with Gasteiger partial charge in [0.1, 0.15) is 5.75 Å². The minimum absolute atomic E-state index is 0. The van der Waals surface area contributed by atoms with Crippen LogP contribution in [-0.4, -0.2) is 13.1 Å². The number of benzene rings is 2. The zero-order valence-electron chi connectivity index (χ0n) is 13.2. The largest absolute Gasteiger partial charge is 0.497 e. The second-order valence-corrected chi connectivity index (χ2v) is 5.07. The Balaban J connectivity index is 0.00000264. The first-order chi connectivity index (χ1) is 10.6. The summed E-state index contributed by atoms with van der Waals surface area (Å²) in [7, 11) is 1.62. The molecule has 5 nitrogen and oxygen atoms in total. The van der Waals surface area contributed by atoms with Gasteiger partial charge in [0.05, 0.1) is 7.11 Å². The molecule has 0 aliphatic rings. The summed E-state index contributed by atoms with van der Waals surface area (Å²) >= 11 is 0. The molecule has 0 aliphatic carbocycles. The maximum atomic E-state index is 11.9. The van der Waals surface area contributed by atoms with Crippen LogP contribution in [0.1, 0.15) is 24.1 Å². The van der Waals surface area contributed by atoms with E-state index in [1.54, 1.807) is 7.11 Å². The summed E-state index contributed by atoms with van der Waals surface area (Å²) in [6, 6.07) is 14.8. The third-order valence-corrected chi connectivity index (χ3v) is 3.31. The third-order valence-electron chi connectivity index (χ3n) is 3.31. The number of rotatable bonds is 5. The van der Waals surface area contributed by atoms with Crippen molar-refractivity contribution in [2.75, 3.05) is 12.4 Å². The highest BCUT2D eigenvalue weighted by Gasteiger charge is 2.03. The lowest BCUT2D eigenvalue weighted by atomic mass is 10.1. The quantitative estimate of drug-likeness (QED) is 0.783. The number of ether oxygens (including phenoxy) is 1.